The van der Waals surface area contributed by atoms with Crippen molar-refractivity contribution >= 4 is 39.0 Å². The summed E-state index contributed by atoms with van der Waals surface area (Å²) in [5.41, 5.74) is 0. The van der Waals surface area contributed by atoms with E-state index < -0.39 is 0 Å². The van der Waals surface area contributed by atoms with E-state index >= 15 is 0 Å². The molecule has 1 aromatic heterocycles. The Morgan fingerprint density at radius 1 is 1.40 bits per heavy atom. The van der Waals surface area contributed by atoms with Crippen LogP contribution in [0.4, 0.5) is 5.82 Å². The first kappa shape index (κ1) is 10.7. The second-order valence-electron chi connectivity index (χ2n) is 3.82. The summed E-state index contributed by atoms with van der Waals surface area (Å²) in [4.78, 5) is 2.14. The predicted molar refractivity (Wildman–Crippen MR) is 68.2 cm³/mol. The van der Waals surface area contributed by atoms with E-state index in [-0.39, 0.29) is 0 Å². The van der Waals surface area contributed by atoms with Crippen molar-refractivity contribution < 1.29 is 0 Å². The van der Waals surface area contributed by atoms with E-state index in [9.17, 15) is 0 Å². The number of benzene rings is 1. The van der Waals surface area contributed by atoms with Crippen LogP contribution in [0.5, 0.6) is 0 Å². The standard InChI is InChI=1S/C11H13ClN2S/c1-7(2)14(3)11-10-8(12)5-4-6-9(10)15-13-11/h4-7H,1-3H3. The number of aromatic nitrogens is 1. The molecule has 0 atom stereocenters. The molecule has 2 nitrogen and oxygen atoms in total. The Kier molecular flexibility index (Phi) is 2.85. The molecule has 1 heterocycles. The van der Waals surface area contributed by atoms with Gasteiger partial charge in [-0.25, -0.2) is 0 Å². The lowest BCUT2D eigenvalue weighted by atomic mass is 10.2. The molecule has 80 valence electrons. The second kappa shape index (κ2) is 3.99. The van der Waals surface area contributed by atoms with Gasteiger partial charge in [0.25, 0.3) is 0 Å². The van der Waals surface area contributed by atoms with Crippen LogP contribution < -0.4 is 4.90 Å². The molecule has 0 aliphatic rings. The lowest BCUT2D eigenvalue weighted by molar-refractivity contribution is 0.750. The highest BCUT2D eigenvalue weighted by molar-refractivity contribution is 7.13. The molecule has 0 saturated carbocycles. The zero-order chi connectivity index (χ0) is 11.0. The minimum absolute atomic E-state index is 0.423. The van der Waals surface area contributed by atoms with Gasteiger partial charge in [0.05, 0.1) is 15.1 Å². The third kappa shape index (κ3) is 1.82. The van der Waals surface area contributed by atoms with E-state index in [1.54, 1.807) is 0 Å². The van der Waals surface area contributed by atoms with Crippen molar-refractivity contribution in [2.75, 3.05) is 11.9 Å². The minimum Gasteiger partial charge on any atom is -0.356 e. The van der Waals surface area contributed by atoms with Gasteiger partial charge >= 0.3 is 0 Å². The van der Waals surface area contributed by atoms with Gasteiger partial charge in [-0.2, -0.15) is 4.37 Å². The van der Waals surface area contributed by atoms with Crippen molar-refractivity contribution in [2.45, 2.75) is 19.9 Å². The molecule has 0 radical (unpaired) electrons. The molecule has 0 unspecified atom stereocenters. The van der Waals surface area contributed by atoms with Gasteiger partial charge in [0.15, 0.2) is 5.82 Å². The molecule has 0 spiro atoms. The Hall–Kier alpha value is -0.800. The fraction of sp³-hybridized carbons (Fsp3) is 0.364. The molecular formula is C11H13ClN2S. The Labute approximate surface area is 98.6 Å². The average Bonchev–Trinajstić information content (AvgIpc) is 2.61. The van der Waals surface area contributed by atoms with Gasteiger partial charge in [0.2, 0.25) is 0 Å². The molecule has 0 aliphatic carbocycles. The zero-order valence-electron chi connectivity index (χ0n) is 8.99. The van der Waals surface area contributed by atoms with E-state index in [4.69, 9.17) is 11.6 Å². The Balaban J connectivity index is 2.62. The van der Waals surface area contributed by atoms with Gasteiger partial charge < -0.3 is 4.90 Å². The highest BCUT2D eigenvalue weighted by atomic mass is 35.5. The van der Waals surface area contributed by atoms with Crippen molar-refractivity contribution in [2.24, 2.45) is 0 Å². The monoisotopic (exact) mass is 240 g/mol. The molecule has 15 heavy (non-hydrogen) atoms. The first-order chi connectivity index (χ1) is 7.11. The Bertz CT molecular complexity index is 478. The number of anilines is 1. The summed E-state index contributed by atoms with van der Waals surface area (Å²) >= 11 is 7.69. The van der Waals surface area contributed by atoms with Crippen LogP contribution in [0.25, 0.3) is 10.1 Å². The second-order valence-corrected chi connectivity index (χ2v) is 5.04. The average molecular weight is 241 g/mol. The number of hydrogen-bond donors (Lipinski definition) is 0. The molecule has 2 aromatic rings. The highest BCUT2D eigenvalue weighted by Crippen LogP contribution is 2.34. The maximum atomic E-state index is 6.19. The summed E-state index contributed by atoms with van der Waals surface area (Å²) in [5, 5.41) is 1.85. The highest BCUT2D eigenvalue weighted by Gasteiger charge is 2.14. The maximum Gasteiger partial charge on any atom is 0.151 e. The van der Waals surface area contributed by atoms with Crippen molar-refractivity contribution in [1.29, 1.82) is 0 Å². The number of rotatable bonds is 2. The Morgan fingerprint density at radius 3 is 2.80 bits per heavy atom. The molecule has 0 N–H and O–H groups in total. The topological polar surface area (TPSA) is 16.1 Å². The lowest BCUT2D eigenvalue weighted by Crippen LogP contribution is -2.25. The molecule has 0 bridgehead atoms. The van der Waals surface area contributed by atoms with Gasteiger partial charge in [0.1, 0.15) is 0 Å². The normalized spacial score (nSPS) is 11.3. The lowest BCUT2D eigenvalue weighted by Gasteiger charge is -2.21. The molecular weight excluding hydrogens is 228 g/mol. The van der Waals surface area contributed by atoms with Crippen LogP contribution in [0.3, 0.4) is 0 Å². The predicted octanol–water partition coefficient (Wildman–Crippen LogP) is 3.79. The number of halogens is 1. The SMILES string of the molecule is CC(C)N(C)c1nsc2cccc(Cl)c12. The number of nitrogens with zero attached hydrogens (tertiary/aromatic N) is 2. The first-order valence-corrected chi connectivity index (χ1v) is 6.03. The molecule has 0 aliphatic heterocycles. The number of fused-ring (bicyclic) bond motifs is 1. The molecule has 2 rings (SSSR count). The summed E-state index contributed by atoms with van der Waals surface area (Å²) in [7, 11) is 2.04. The number of hydrogen-bond acceptors (Lipinski definition) is 3. The molecule has 4 heteroatoms. The quantitative estimate of drug-likeness (QED) is 0.794. The van der Waals surface area contributed by atoms with Crippen LogP contribution >= 0.6 is 23.1 Å². The zero-order valence-corrected chi connectivity index (χ0v) is 10.6. The van der Waals surface area contributed by atoms with Gasteiger partial charge in [-0.1, -0.05) is 17.7 Å². The third-order valence-corrected chi connectivity index (χ3v) is 3.65. The van der Waals surface area contributed by atoms with Gasteiger partial charge in [-0.05, 0) is 37.5 Å². The minimum atomic E-state index is 0.423. The maximum absolute atomic E-state index is 6.19. The van der Waals surface area contributed by atoms with Crippen LogP contribution in [0.1, 0.15) is 13.8 Å². The summed E-state index contributed by atoms with van der Waals surface area (Å²) in [6, 6.07) is 6.35. The van der Waals surface area contributed by atoms with Crippen LogP contribution in [0.2, 0.25) is 5.02 Å². The summed E-state index contributed by atoms with van der Waals surface area (Å²) in [6.45, 7) is 4.28. The smallest absolute Gasteiger partial charge is 0.151 e. The van der Waals surface area contributed by atoms with E-state index in [0.29, 0.717) is 6.04 Å². The molecule has 0 amide bonds. The first-order valence-electron chi connectivity index (χ1n) is 4.88. The Morgan fingerprint density at radius 2 is 2.13 bits per heavy atom. The van der Waals surface area contributed by atoms with Gasteiger partial charge in [-0.3, -0.25) is 0 Å². The van der Waals surface area contributed by atoms with Crippen molar-refractivity contribution in [3.8, 4) is 0 Å². The van der Waals surface area contributed by atoms with Crippen LogP contribution in [0, 0.1) is 0 Å². The fourth-order valence-corrected chi connectivity index (χ4v) is 2.57. The van der Waals surface area contributed by atoms with Crippen LogP contribution in [-0.2, 0) is 0 Å². The van der Waals surface area contributed by atoms with Crippen LogP contribution in [-0.4, -0.2) is 17.5 Å². The van der Waals surface area contributed by atoms with Crippen molar-refractivity contribution in [3.05, 3.63) is 23.2 Å². The van der Waals surface area contributed by atoms with Gasteiger partial charge in [0, 0.05) is 13.1 Å². The van der Waals surface area contributed by atoms with Crippen molar-refractivity contribution in [1.82, 2.24) is 4.37 Å². The third-order valence-electron chi connectivity index (χ3n) is 2.54. The van der Waals surface area contributed by atoms with Crippen molar-refractivity contribution in [3.63, 3.8) is 0 Å². The van der Waals surface area contributed by atoms with E-state index in [1.807, 2.05) is 19.2 Å². The molecule has 0 fully saturated rings. The van der Waals surface area contributed by atoms with E-state index in [2.05, 4.69) is 29.2 Å². The summed E-state index contributed by atoms with van der Waals surface area (Å²) in [6.07, 6.45) is 0. The van der Waals surface area contributed by atoms with E-state index in [0.717, 1.165) is 20.9 Å². The largest absolute Gasteiger partial charge is 0.356 e. The summed E-state index contributed by atoms with van der Waals surface area (Å²) in [5.74, 6) is 0.982. The fourth-order valence-electron chi connectivity index (χ4n) is 1.42. The van der Waals surface area contributed by atoms with E-state index in [1.165, 1.54) is 11.5 Å². The molecule has 0 saturated heterocycles. The molecule has 1 aromatic carbocycles. The summed E-state index contributed by atoms with van der Waals surface area (Å²) < 4.78 is 5.60. The van der Waals surface area contributed by atoms with Gasteiger partial charge in [-0.15, -0.1) is 0 Å². The van der Waals surface area contributed by atoms with Crippen LogP contribution in [0.15, 0.2) is 18.2 Å².